The Hall–Kier alpha value is -3.61. The summed E-state index contributed by atoms with van der Waals surface area (Å²) in [6, 6.07) is 14.6. The van der Waals surface area contributed by atoms with Crippen molar-refractivity contribution in [3.05, 3.63) is 78.0 Å². The quantitative estimate of drug-likeness (QED) is 0.605. The number of rotatable bonds is 3. The van der Waals surface area contributed by atoms with E-state index in [1.807, 2.05) is 0 Å². The van der Waals surface area contributed by atoms with Gasteiger partial charge in [0.1, 0.15) is 11.6 Å². The predicted octanol–water partition coefficient (Wildman–Crippen LogP) is 4.04. The smallest absolute Gasteiger partial charge is 0.356 e. The Morgan fingerprint density at radius 3 is 2.04 bits per heavy atom. The lowest BCUT2D eigenvalue weighted by molar-refractivity contribution is 0.0690. The maximum Gasteiger partial charge on any atom is 0.356 e. The Balaban J connectivity index is 1.98. The SMILES string of the molecule is O=C(O)c1cc2nc(-c3ccc(F)cc3)cc(-c3ccc(F)cc3)n2n1. The van der Waals surface area contributed by atoms with Crippen LogP contribution in [-0.2, 0) is 0 Å². The van der Waals surface area contributed by atoms with Gasteiger partial charge in [-0.25, -0.2) is 23.1 Å². The van der Waals surface area contributed by atoms with E-state index in [0.29, 0.717) is 28.2 Å². The van der Waals surface area contributed by atoms with Gasteiger partial charge in [0.15, 0.2) is 11.3 Å². The Morgan fingerprint density at radius 1 is 0.885 bits per heavy atom. The van der Waals surface area contributed by atoms with Gasteiger partial charge in [0, 0.05) is 17.2 Å². The molecule has 0 aliphatic rings. The maximum absolute atomic E-state index is 13.3. The Morgan fingerprint density at radius 2 is 1.46 bits per heavy atom. The number of carbonyl (C=O) groups is 1. The third-order valence-corrected chi connectivity index (χ3v) is 3.93. The average molecular weight is 351 g/mol. The molecule has 2 aromatic carbocycles. The molecule has 0 bridgehead atoms. The Labute approximate surface area is 146 Å². The van der Waals surface area contributed by atoms with Crippen molar-refractivity contribution in [1.82, 2.24) is 14.6 Å². The lowest BCUT2D eigenvalue weighted by atomic mass is 10.1. The summed E-state index contributed by atoms with van der Waals surface area (Å²) in [7, 11) is 0. The molecule has 0 atom stereocenters. The number of fused-ring (bicyclic) bond motifs is 1. The minimum absolute atomic E-state index is 0.155. The second-order valence-electron chi connectivity index (χ2n) is 5.65. The van der Waals surface area contributed by atoms with Crippen LogP contribution in [0, 0.1) is 11.6 Å². The number of aromatic carboxylic acids is 1. The summed E-state index contributed by atoms with van der Waals surface area (Å²) in [4.78, 5) is 15.7. The first-order chi connectivity index (χ1) is 12.5. The van der Waals surface area contributed by atoms with E-state index in [1.165, 1.54) is 34.8 Å². The minimum atomic E-state index is -1.18. The van der Waals surface area contributed by atoms with E-state index < -0.39 is 5.97 Å². The van der Waals surface area contributed by atoms with Crippen LogP contribution in [-0.4, -0.2) is 25.7 Å². The molecule has 4 aromatic rings. The largest absolute Gasteiger partial charge is 0.476 e. The molecule has 0 radical (unpaired) electrons. The van der Waals surface area contributed by atoms with Crippen molar-refractivity contribution in [3.8, 4) is 22.5 Å². The molecule has 0 spiro atoms. The first-order valence-corrected chi connectivity index (χ1v) is 7.67. The molecule has 0 fully saturated rings. The van der Waals surface area contributed by atoms with Crippen LogP contribution in [0.5, 0.6) is 0 Å². The summed E-state index contributed by atoms with van der Waals surface area (Å²) in [5.41, 5.74) is 2.54. The molecule has 1 N–H and O–H groups in total. The van der Waals surface area contributed by atoms with Gasteiger partial charge in [-0.15, -0.1) is 0 Å². The first-order valence-electron chi connectivity index (χ1n) is 7.67. The molecule has 5 nitrogen and oxygen atoms in total. The van der Waals surface area contributed by atoms with Crippen LogP contribution < -0.4 is 0 Å². The molecule has 4 rings (SSSR count). The molecule has 0 aliphatic carbocycles. The van der Waals surface area contributed by atoms with Crippen LogP contribution in [0.1, 0.15) is 10.5 Å². The zero-order chi connectivity index (χ0) is 18.3. The standard InChI is InChI=1S/C19H11F2N3O2/c20-13-5-1-11(2-6-13)15-9-17(12-3-7-14(21)8-4-12)24-18(22-15)10-16(23-24)19(25)26/h1-10H,(H,25,26). The highest BCUT2D eigenvalue weighted by Crippen LogP contribution is 2.27. The Kier molecular flexibility index (Phi) is 3.69. The highest BCUT2D eigenvalue weighted by atomic mass is 19.1. The summed E-state index contributed by atoms with van der Waals surface area (Å²) in [6.07, 6.45) is 0. The first kappa shape index (κ1) is 15.9. The van der Waals surface area contributed by atoms with E-state index in [-0.39, 0.29) is 17.3 Å². The van der Waals surface area contributed by atoms with E-state index >= 15 is 0 Å². The van der Waals surface area contributed by atoms with Gasteiger partial charge in [-0.2, -0.15) is 5.10 Å². The highest BCUT2D eigenvalue weighted by Gasteiger charge is 2.15. The molecule has 0 saturated heterocycles. The van der Waals surface area contributed by atoms with Crippen LogP contribution in [0.3, 0.4) is 0 Å². The zero-order valence-corrected chi connectivity index (χ0v) is 13.2. The molecular formula is C19H11F2N3O2. The maximum atomic E-state index is 13.3. The minimum Gasteiger partial charge on any atom is -0.476 e. The second-order valence-corrected chi connectivity index (χ2v) is 5.65. The number of hydrogen-bond acceptors (Lipinski definition) is 3. The molecule has 0 aliphatic heterocycles. The van der Waals surface area contributed by atoms with Crippen molar-refractivity contribution >= 4 is 11.6 Å². The van der Waals surface area contributed by atoms with Gasteiger partial charge < -0.3 is 5.11 Å². The second kappa shape index (κ2) is 6.03. The van der Waals surface area contributed by atoms with Crippen LogP contribution in [0.4, 0.5) is 8.78 Å². The van der Waals surface area contributed by atoms with Gasteiger partial charge in [0.2, 0.25) is 0 Å². The lowest BCUT2D eigenvalue weighted by Crippen LogP contribution is -2.01. The fraction of sp³-hybridized carbons (Fsp3) is 0. The molecule has 0 saturated carbocycles. The summed E-state index contributed by atoms with van der Waals surface area (Å²) in [5.74, 6) is -1.93. The van der Waals surface area contributed by atoms with Gasteiger partial charge >= 0.3 is 5.97 Å². The summed E-state index contributed by atoms with van der Waals surface area (Å²) >= 11 is 0. The van der Waals surface area contributed by atoms with Gasteiger partial charge in [-0.3, -0.25) is 0 Å². The number of nitrogens with zero attached hydrogens (tertiary/aromatic N) is 3. The molecule has 0 unspecified atom stereocenters. The van der Waals surface area contributed by atoms with Crippen molar-refractivity contribution in [3.63, 3.8) is 0 Å². The fourth-order valence-electron chi connectivity index (χ4n) is 2.67. The van der Waals surface area contributed by atoms with E-state index in [9.17, 15) is 18.7 Å². The number of carboxylic acid groups (broad SMARTS) is 1. The lowest BCUT2D eigenvalue weighted by Gasteiger charge is -2.08. The van der Waals surface area contributed by atoms with Gasteiger partial charge in [-0.1, -0.05) is 0 Å². The topological polar surface area (TPSA) is 67.5 Å². The van der Waals surface area contributed by atoms with E-state index in [0.717, 1.165) is 0 Å². The van der Waals surface area contributed by atoms with E-state index in [1.54, 1.807) is 30.3 Å². The van der Waals surface area contributed by atoms with Crippen molar-refractivity contribution in [1.29, 1.82) is 0 Å². The molecule has 7 heteroatoms. The van der Waals surface area contributed by atoms with Crippen molar-refractivity contribution in [2.75, 3.05) is 0 Å². The average Bonchev–Trinajstić information content (AvgIpc) is 3.07. The summed E-state index contributed by atoms with van der Waals surface area (Å²) in [5, 5.41) is 13.3. The van der Waals surface area contributed by atoms with Crippen molar-refractivity contribution < 1.29 is 18.7 Å². The zero-order valence-electron chi connectivity index (χ0n) is 13.2. The number of benzene rings is 2. The molecular weight excluding hydrogens is 340 g/mol. The van der Waals surface area contributed by atoms with Gasteiger partial charge in [-0.05, 0) is 54.6 Å². The predicted molar refractivity (Wildman–Crippen MR) is 90.7 cm³/mol. The number of carboxylic acids is 1. The van der Waals surface area contributed by atoms with Crippen LogP contribution in [0.2, 0.25) is 0 Å². The number of hydrogen-bond donors (Lipinski definition) is 1. The van der Waals surface area contributed by atoms with Crippen LogP contribution >= 0.6 is 0 Å². The fourth-order valence-corrected chi connectivity index (χ4v) is 2.67. The Bertz CT molecular complexity index is 1120. The highest BCUT2D eigenvalue weighted by molar-refractivity contribution is 5.87. The third-order valence-electron chi connectivity index (χ3n) is 3.93. The van der Waals surface area contributed by atoms with E-state index in [4.69, 9.17) is 0 Å². The normalized spacial score (nSPS) is 11.0. The molecule has 0 amide bonds. The van der Waals surface area contributed by atoms with Crippen molar-refractivity contribution in [2.24, 2.45) is 0 Å². The van der Waals surface area contributed by atoms with Gasteiger partial charge in [0.05, 0.1) is 11.4 Å². The monoisotopic (exact) mass is 351 g/mol. The van der Waals surface area contributed by atoms with Crippen LogP contribution in [0.15, 0.2) is 60.7 Å². The van der Waals surface area contributed by atoms with Crippen LogP contribution in [0.25, 0.3) is 28.2 Å². The molecule has 128 valence electrons. The summed E-state index contributed by atoms with van der Waals surface area (Å²) < 4.78 is 27.8. The van der Waals surface area contributed by atoms with Gasteiger partial charge in [0.25, 0.3) is 0 Å². The summed E-state index contributed by atoms with van der Waals surface area (Å²) in [6.45, 7) is 0. The number of aromatic nitrogens is 3. The molecule has 2 heterocycles. The van der Waals surface area contributed by atoms with Crippen molar-refractivity contribution in [2.45, 2.75) is 0 Å². The van der Waals surface area contributed by atoms with E-state index in [2.05, 4.69) is 10.1 Å². The molecule has 26 heavy (non-hydrogen) atoms. The third kappa shape index (κ3) is 2.79. The number of halogens is 2. The molecule has 2 aromatic heterocycles.